The molecule has 182 valence electrons. The van der Waals surface area contributed by atoms with Crippen molar-refractivity contribution in [3.63, 3.8) is 0 Å². The first kappa shape index (κ1) is 24.0. The molecule has 0 amide bonds. The fraction of sp³-hybridized carbons (Fsp3) is 0.913. The van der Waals surface area contributed by atoms with Crippen LogP contribution < -0.4 is 10.5 Å². The largest absolute Gasteiger partial charge is 0.469 e. The van der Waals surface area contributed by atoms with Crippen molar-refractivity contribution in [2.24, 2.45) is 16.6 Å². The summed E-state index contributed by atoms with van der Waals surface area (Å²) < 4.78 is 36.9. The summed E-state index contributed by atoms with van der Waals surface area (Å²) >= 11 is 0. The molecule has 8 nitrogen and oxygen atoms in total. The number of nitrogens with two attached hydrogens (primary N) is 1. The molecule has 32 heavy (non-hydrogen) atoms. The van der Waals surface area contributed by atoms with Gasteiger partial charge in [0.1, 0.15) is 0 Å². The Morgan fingerprint density at radius 3 is 1.47 bits per heavy atom. The molecule has 0 spiro atoms. The third kappa shape index (κ3) is 4.32. The average Bonchev–Trinajstić information content (AvgIpc) is 3.66. The van der Waals surface area contributed by atoms with Gasteiger partial charge in [0.25, 0.3) is 0 Å². The summed E-state index contributed by atoms with van der Waals surface area (Å²) in [6, 6.07) is 0. The standard InChI is InChI=1S/C13H21NO4S.C10H17NO2/c1-18-11(15)12-4-7-13(8-5-12,9-6-12)14-19(16,17)10-2-3-10;1-13-8(12)9-2-5-10(11,6-3-9)7-4-9/h10,14H,2-9H2,1H3;2-7,11H2,1H3. The van der Waals surface area contributed by atoms with Gasteiger partial charge < -0.3 is 15.2 Å². The second-order valence-electron chi connectivity index (χ2n) is 11.0. The molecule has 7 aliphatic rings. The molecular weight excluding hydrogens is 432 g/mol. The number of nitrogens with one attached hydrogen (secondary N) is 1. The second kappa shape index (κ2) is 8.24. The Morgan fingerprint density at radius 1 is 0.750 bits per heavy atom. The Morgan fingerprint density at radius 2 is 1.12 bits per heavy atom. The molecule has 3 N–H and O–H groups in total. The highest BCUT2D eigenvalue weighted by Crippen LogP contribution is 2.54. The number of methoxy groups -OCH3 is 2. The third-order valence-corrected chi connectivity index (χ3v) is 11.2. The molecule has 0 unspecified atom stereocenters. The van der Waals surface area contributed by atoms with E-state index in [-0.39, 0.29) is 39.1 Å². The van der Waals surface area contributed by atoms with Crippen molar-refractivity contribution in [3.8, 4) is 0 Å². The van der Waals surface area contributed by atoms with Crippen LogP contribution in [0.5, 0.6) is 0 Å². The number of rotatable bonds is 5. The highest BCUT2D eigenvalue weighted by Gasteiger charge is 2.55. The number of carbonyl (C=O) groups is 2. The van der Waals surface area contributed by atoms with E-state index in [0.29, 0.717) is 0 Å². The molecule has 0 aromatic heterocycles. The van der Waals surface area contributed by atoms with Gasteiger partial charge >= 0.3 is 11.9 Å². The van der Waals surface area contributed by atoms with Crippen LogP contribution in [-0.2, 0) is 29.1 Å². The molecule has 0 aromatic rings. The van der Waals surface area contributed by atoms with Gasteiger partial charge in [-0.2, -0.15) is 0 Å². The lowest BCUT2D eigenvalue weighted by atomic mass is 9.57. The second-order valence-corrected chi connectivity index (χ2v) is 13.0. The van der Waals surface area contributed by atoms with Gasteiger partial charge in [0.2, 0.25) is 10.0 Å². The zero-order valence-corrected chi connectivity index (χ0v) is 20.2. The summed E-state index contributed by atoms with van der Waals surface area (Å²) in [6.07, 6.45) is 11.8. The summed E-state index contributed by atoms with van der Waals surface area (Å²) in [5.74, 6) is -0.139. The molecule has 0 aliphatic heterocycles. The normalized spacial score (nSPS) is 40.2. The summed E-state index contributed by atoms with van der Waals surface area (Å²) in [5, 5.41) is -0.170. The van der Waals surface area contributed by atoms with Crippen molar-refractivity contribution in [2.75, 3.05) is 14.2 Å². The quantitative estimate of drug-likeness (QED) is 0.592. The Kier molecular flexibility index (Phi) is 6.16. The van der Waals surface area contributed by atoms with Gasteiger partial charge in [0, 0.05) is 11.1 Å². The number of ether oxygens (including phenoxy) is 2. The first-order chi connectivity index (χ1) is 15.0. The summed E-state index contributed by atoms with van der Waals surface area (Å²) in [7, 11) is -0.228. The van der Waals surface area contributed by atoms with Crippen LogP contribution in [0.25, 0.3) is 0 Å². The molecule has 7 rings (SSSR count). The number of esters is 2. The van der Waals surface area contributed by atoms with E-state index >= 15 is 0 Å². The van der Waals surface area contributed by atoms with Gasteiger partial charge in [-0.3, -0.25) is 9.59 Å². The zero-order chi connectivity index (χ0) is 23.3. The van der Waals surface area contributed by atoms with Crippen LogP contribution in [0.3, 0.4) is 0 Å². The summed E-state index contributed by atoms with van der Waals surface area (Å²) in [4.78, 5) is 23.5. The van der Waals surface area contributed by atoms with Gasteiger partial charge in [0.05, 0.1) is 30.3 Å². The SMILES string of the molecule is COC(=O)C12CCC(N)(CC1)CC2.COC(=O)C12CCC(NS(=O)(=O)C3CC3)(CC1)CC2. The summed E-state index contributed by atoms with van der Waals surface area (Å²) in [6.45, 7) is 0. The molecule has 7 fully saturated rings. The molecule has 0 saturated heterocycles. The van der Waals surface area contributed by atoms with Gasteiger partial charge in [-0.15, -0.1) is 0 Å². The fourth-order valence-electron chi connectivity index (χ4n) is 6.36. The van der Waals surface area contributed by atoms with E-state index in [0.717, 1.165) is 89.9 Å². The van der Waals surface area contributed by atoms with Crippen LogP contribution in [0.4, 0.5) is 0 Å². The van der Waals surface area contributed by atoms with Crippen molar-refractivity contribution in [1.82, 2.24) is 4.72 Å². The lowest BCUT2D eigenvalue weighted by Gasteiger charge is -2.51. The van der Waals surface area contributed by atoms with Crippen LogP contribution in [-0.4, -0.2) is 50.9 Å². The molecular formula is C23H38N2O6S. The minimum atomic E-state index is -3.14. The average molecular weight is 471 g/mol. The van der Waals surface area contributed by atoms with Crippen molar-refractivity contribution < 1.29 is 27.5 Å². The summed E-state index contributed by atoms with van der Waals surface area (Å²) in [5.41, 5.74) is 5.37. The zero-order valence-electron chi connectivity index (χ0n) is 19.4. The van der Waals surface area contributed by atoms with Crippen LogP contribution in [0.2, 0.25) is 0 Å². The number of hydrogen-bond acceptors (Lipinski definition) is 7. The van der Waals surface area contributed by atoms with E-state index in [1.807, 2.05) is 0 Å². The highest BCUT2D eigenvalue weighted by molar-refractivity contribution is 7.90. The molecule has 0 radical (unpaired) electrons. The lowest BCUT2D eigenvalue weighted by molar-refractivity contribution is -0.160. The lowest BCUT2D eigenvalue weighted by Crippen LogP contribution is -2.58. The maximum absolute atomic E-state index is 12.1. The first-order valence-corrected chi connectivity index (χ1v) is 13.6. The first-order valence-electron chi connectivity index (χ1n) is 12.0. The number of hydrogen-bond donors (Lipinski definition) is 2. The van der Waals surface area contributed by atoms with Gasteiger partial charge in [-0.25, -0.2) is 13.1 Å². The van der Waals surface area contributed by atoms with Crippen LogP contribution in [0.1, 0.15) is 89.9 Å². The molecule has 0 heterocycles. The Balaban J connectivity index is 0.000000165. The van der Waals surface area contributed by atoms with Gasteiger partial charge in [0.15, 0.2) is 0 Å². The monoisotopic (exact) mass is 470 g/mol. The van der Waals surface area contributed by atoms with E-state index < -0.39 is 10.0 Å². The number of fused-ring (bicyclic) bond motifs is 6. The maximum Gasteiger partial charge on any atom is 0.311 e. The Labute approximate surface area is 191 Å². The topological polar surface area (TPSA) is 125 Å². The minimum absolute atomic E-state index is 0.0192. The minimum Gasteiger partial charge on any atom is -0.469 e. The van der Waals surface area contributed by atoms with Crippen LogP contribution in [0, 0.1) is 10.8 Å². The molecule has 0 aromatic carbocycles. The molecule has 4 bridgehead atoms. The third-order valence-electron chi connectivity index (χ3n) is 9.11. The van der Waals surface area contributed by atoms with Gasteiger partial charge in [-0.1, -0.05) is 0 Å². The van der Waals surface area contributed by atoms with Crippen LogP contribution >= 0.6 is 0 Å². The van der Waals surface area contributed by atoms with E-state index in [9.17, 15) is 18.0 Å². The van der Waals surface area contributed by atoms with Crippen molar-refractivity contribution >= 4 is 22.0 Å². The van der Waals surface area contributed by atoms with Crippen LogP contribution in [0.15, 0.2) is 0 Å². The molecule has 9 heteroatoms. The fourth-order valence-corrected chi connectivity index (χ4v) is 8.20. The predicted octanol–water partition coefficient (Wildman–Crippen LogP) is 2.55. The van der Waals surface area contributed by atoms with E-state index in [1.54, 1.807) is 0 Å². The molecule has 0 atom stereocenters. The Bertz CT molecular complexity index is 817. The highest BCUT2D eigenvalue weighted by atomic mass is 32.2. The smallest absolute Gasteiger partial charge is 0.311 e. The van der Waals surface area contributed by atoms with E-state index in [2.05, 4.69) is 4.72 Å². The maximum atomic E-state index is 12.1. The van der Waals surface area contributed by atoms with Gasteiger partial charge in [-0.05, 0) is 89.9 Å². The molecule has 7 saturated carbocycles. The van der Waals surface area contributed by atoms with Crippen molar-refractivity contribution in [1.29, 1.82) is 0 Å². The van der Waals surface area contributed by atoms with E-state index in [4.69, 9.17) is 15.2 Å². The number of carbonyl (C=O) groups excluding carboxylic acids is 2. The number of sulfonamides is 1. The molecule has 7 aliphatic carbocycles. The Hall–Kier alpha value is -1.19. The van der Waals surface area contributed by atoms with Crippen molar-refractivity contribution in [2.45, 2.75) is 106 Å². The van der Waals surface area contributed by atoms with Crippen molar-refractivity contribution in [3.05, 3.63) is 0 Å². The van der Waals surface area contributed by atoms with E-state index in [1.165, 1.54) is 14.2 Å². The predicted molar refractivity (Wildman–Crippen MR) is 119 cm³/mol.